The van der Waals surface area contributed by atoms with E-state index in [1.807, 2.05) is 41.5 Å². The zero-order chi connectivity index (χ0) is 31.4. The molecule has 3 aromatic heterocycles. The summed E-state index contributed by atoms with van der Waals surface area (Å²) in [4.78, 5) is 4.75. The van der Waals surface area contributed by atoms with Crippen LogP contribution in [0.2, 0.25) is 0 Å². The Morgan fingerprint density at radius 1 is 0.656 bits per heavy atom. The van der Waals surface area contributed by atoms with Crippen LogP contribution in [0.4, 0.5) is 0 Å². The molecular weight excluding hydrogens is 390 g/mol. The molecule has 3 nitrogen and oxygen atoms in total. The van der Waals surface area contributed by atoms with E-state index in [1.165, 1.54) is 9.13 Å². The highest BCUT2D eigenvalue weighted by Gasteiger charge is 2.22. The summed E-state index contributed by atoms with van der Waals surface area (Å²) >= 11 is 0. The van der Waals surface area contributed by atoms with Gasteiger partial charge in [-0.15, -0.1) is 0 Å². The first kappa shape index (κ1) is 12.1. The number of nitrogens with zero attached hydrogens (tertiary/aromatic N) is 3. The molecular formula is C29H31N3. The molecule has 0 spiro atoms. The fourth-order valence-corrected chi connectivity index (χ4v) is 3.85. The molecule has 3 heteroatoms. The fourth-order valence-electron chi connectivity index (χ4n) is 3.85. The smallest absolute Gasteiger partial charge is 0.139 e. The second-order valence-electron chi connectivity index (χ2n) is 9.95. The Morgan fingerprint density at radius 2 is 1.06 bits per heavy atom. The number of fused-ring (bicyclic) bond motifs is 2. The van der Waals surface area contributed by atoms with Gasteiger partial charge in [0, 0.05) is 23.1 Å². The maximum absolute atomic E-state index is 9.14. The van der Waals surface area contributed by atoms with Crippen molar-refractivity contribution in [1.82, 2.24) is 14.1 Å². The van der Waals surface area contributed by atoms with Crippen molar-refractivity contribution in [3.8, 4) is 11.6 Å². The molecule has 5 aromatic rings. The van der Waals surface area contributed by atoms with Crippen LogP contribution >= 0.6 is 0 Å². The highest BCUT2D eigenvalue weighted by atomic mass is 15.1. The van der Waals surface area contributed by atoms with Gasteiger partial charge in [0.15, 0.2) is 0 Å². The lowest BCUT2D eigenvalue weighted by Crippen LogP contribution is -2.10. The first-order valence-corrected chi connectivity index (χ1v) is 10.5. The predicted molar refractivity (Wildman–Crippen MR) is 135 cm³/mol. The lowest BCUT2D eigenvalue weighted by Gasteiger charge is -2.17. The molecule has 32 heavy (non-hydrogen) atoms. The number of rotatable bonds is 2. The summed E-state index contributed by atoms with van der Waals surface area (Å²) in [5, 5.41) is 0.477. The second-order valence-corrected chi connectivity index (χ2v) is 9.95. The predicted octanol–water partition coefficient (Wildman–Crippen LogP) is 7.56. The van der Waals surface area contributed by atoms with Gasteiger partial charge < -0.3 is 9.13 Å². The normalized spacial score (nSPS) is 17.1. The molecule has 0 aliphatic rings. The number of hydrogen-bond donors (Lipinski definition) is 0. The Balaban J connectivity index is 1.93. The van der Waals surface area contributed by atoms with E-state index in [0.717, 1.165) is 0 Å². The van der Waals surface area contributed by atoms with Gasteiger partial charge in [-0.05, 0) is 46.2 Å². The topological polar surface area (TPSA) is 22.8 Å². The van der Waals surface area contributed by atoms with E-state index in [9.17, 15) is 0 Å². The van der Waals surface area contributed by atoms with E-state index < -0.39 is 35.0 Å². The van der Waals surface area contributed by atoms with Gasteiger partial charge in [0.05, 0.1) is 24.7 Å². The maximum Gasteiger partial charge on any atom is 0.139 e. The van der Waals surface area contributed by atoms with Crippen molar-refractivity contribution in [2.45, 2.75) is 52.4 Å². The van der Waals surface area contributed by atoms with Crippen LogP contribution in [0, 0.1) is 0 Å². The highest BCUT2D eigenvalue weighted by Crippen LogP contribution is 2.35. The van der Waals surface area contributed by atoms with Crippen LogP contribution in [0.15, 0.2) is 78.9 Å². The Hall–Kier alpha value is -3.33. The number of hydrogen-bond acceptors (Lipinski definition) is 1. The van der Waals surface area contributed by atoms with E-state index in [1.54, 1.807) is 18.2 Å². The third-order valence-corrected chi connectivity index (χ3v) is 5.41. The lowest BCUT2D eigenvalue weighted by molar-refractivity contribution is 0.594. The third-order valence-electron chi connectivity index (χ3n) is 5.41. The Bertz CT molecular complexity index is 1820. The maximum atomic E-state index is 9.14. The minimum absolute atomic E-state index is 0.0464. The molecule has 0 bridgehead atoms. The quantitative estimate of drug-likeness (QED) is 0.283. The molecule has 0 atom stereocenters. The molecule has 0 amide bonds. The van der Waals surface area contributed by atoms with E-state index in [0.29, 0.717) is 11.1 Å². The summed E-state index contributed by atoms with van der Waals surface area (Å²) in [5.41, 5.74) is -0.192. The van der Waals surface area contributed by atoms with Crippen LogP contribution in [0.3, 0.4) is 0 Å². The molecule has 0 radical (unpaired) electrons. The molecule has 0 saturated heterocycles. The zero-order valence-electron chi connectivity index (χ0n) is 29.1. The van der Waals surface area contributed by atoms with Crippen molar-refractivity contribution in [2.24, 2.45) is 0 Å². The van der Waals surface area contributed by atoms with Crippen LogP contribution < -0.4 is 0 Å². The minimum Gasteiger partial charge on any atom is -0.301 e. The van der Waals surface area contributed by atoms with Crippen LogP contribution in [0.25, 0.3) is 33.4 Å². The average Bonchev–Trinajstić information content (AvgIpc) is 3.40. The molecule has 0 saturated carbocycles. The highest BCUT2D eigenvalue weighted by molar-refractivity contribution is 5.87. The summed E-state index contributed by atoms with van der Waals surface area (Å²) in [6.07, 6.45) is -0.0928. The van der Waals surface area contributed by atoms with Gasteiger partial charge in [-0.25, -0.2) is 4.98 Å². The molecule has 0 aliphatic heterocycles. The number of pyridine rings is 1. The summed E-state index contributed by atoms with van der Waals surface area (Å²) in [5.74, 6) is 0.338. The van der Waals surface area contributed by atoms with Crippen molar-refractivity contribution >= 4 is 21.8 Å². The van der Waals surface area contributed by atoms with Crippen LogP contribution in [0.5, 0.6) is 0 Å². The van der Waals surface area contributed by atoms with Gasteiger partial charge in [-0.3, -0.25) is 0 Å². The van der Waals surface area contributed by atoms with Gasteiger partial charge in [0.1, 0.15) is 11.6 Å². The largest absolute Gasteiger partial charge is 0.301 e. The monoisotopic (exact) mass is 431 g/mol. The van der Waals surface area contributed by atoms with Crippen molar-refractivity contribution < 1.29 is 13.7 Å². The summed E-state index contributed by atoms with van der Waals surface area (Å²) < 4.78 is 88.9. The molecule has 3 heterocycles. The molecule has 5 rings (SSSR count). The summed E-state index contributed by atoms with van der Waals surface area (Å²) in [7, 11) is 0. The molecule has 0 aliphatic carbocycles. The van der Waals surface area contributed by atoms with Gasteiger partial charge in [-0.1, -0.05) is 83.9 Å². The lowest BCUT2D eigenvalue weighted by atomic mass is 9.87. The Labute approximate surface area is 204 Å². The fraction of sp³-hybridized carbons (Fsp3) is 0.276. The van der Waals surface area contributed by atoms with E-state index >= 15 is 0 Å². The molecule has 162 valence electrons. The second kappa shape index (κ2) is 7.09. The Kier molecular flexibility index (Phi) is 2.67. The minimum atomic E-state index is -0.647. The van der Waals surface area contributed by atoms with E-state index in [-0.39, 0.29) is 70.0 Å². The van der Waals surface area contributed by atoms with Crippen LogP contribution in [0.1, 0.15) is 66.4 Å². The van der Waals surface area contributed by atoms with Gasteiger partial charge in [-0.2, -0.15) is 0 Å². The zero-order valence-corrected chi connectivity index (χ0v) is 19.1. The van der Waals surface area contributed by atoms with Gasteiger partial charge in [0.2, 0.25) is 0 Å². The molecule has 0 fully saturated rings. The summed E-state index contributed by atoms with van der Waals surface area (Å²) in [6, 6.07) is 2.10. The average molecular weight is 432 g/mol. The number of aromatic nitrogens is 3. The first-order valence-electron chi connectivity index (χ1n) is 15.5. The van der Waals surface area contributed by atoms with Crippen molar-refractivity contribution in [2.75, 3.05) is 0 Å². The Morgan fingerprint density at radius 3 is 1.47 bits per heavy atom. The summed E-state index contributed by atoms with van der Waals surface area (Å²) in [6.45, 7) is 11.2. The van der Waals surface area contributed by atoms with Crippen molar-refractivity contribution in [3.05, 3.63) is 90.0 Å². The third kappa shape index (κ3) is 3.33. The van der Waals surface area contributed by atoms with Crippen LogP contribution in [-0.2, 0) is 10.8 Å². The van der Waals surface area contributed by atoms with Crippen molar-refractivity contribution in [3.63, 3.8) is 0 Å². The molecule has 2 aromatic carbocycles. The van der Waals surface area contributed by atoms with E-state index in [4.69, 9.17) is 18.7 Å². The van der Waals surface area contributed by atoms with Crippen molar-refractivity contribution in [1.29, 1.82) is 0 Å². The van der Waals surface area contributed by atoms with Crippen LogP contribution in [-0.4, -0.2) is 14.1 Å². The molecule has 0 unspecified atom stereocenters. The first-order chi connectivity index (χ1) is 19.3. The number of para-hydroxylation sites is 2. The molecule has 0 N–H and O–H groups in total. The van der Waals surface area contributed by atoms with E-state index in [2.05, 4.69) is 0 Å². The standard InChI is InChI=1S/C29H31N3/c1-28(2,3)22-18-31(24-14-9-7-12-20(22)24)26-16-11-17-27(30-26)32-19-23(29(4,5)6)21-13-8-10-15-25(21)32/h7-19H,1-6H3/i7D,8D,9D,10D,12D,13D,14D,15D,18D,19D. The van der Waals surface area contributed by atoms with Gasteiger partial charge >= 0.3 is 0 Å². The SMILES string of the molecule is [2H]c1c([2H])c([2H])c2c(c1[2H])c(C(C)(C)C)c([2H])n2-c1cccc(-n2c([2H])c(C(C)(C)C)c3c([2H])c([2H])c([2H])c([2H])c32)n1. The number of benzene rings is 2. The van der Waals surface area contributed by atoms with Gasteiger partial charge in [0.25, 0.3) is 0 Å².